The smallest absolute Gasteiger partial charge is 0.398 e. The fourth-order valence-corrected chi connectivity index (χ4v) is 2.96. The van der Waals surface area contributed by atoms with Gasteiger partial charge in [-0.1, -0.05) is 24.3 Å². The Morgan fingerprint density at radius 3 is 1.88 bits per heavy atom. The van der Waals surface area contributed by atoms with Crippen LogP contribution in [0.15, 0.2) is 42.5 Å². The Hall–Kier alpha value is -2.68. The van der Waals surface area contributed by atoms with Crippen molar-refractivity contribution < 1.29 is 31.4 Å². The molecule has 3 nitrogen and oxygen atoms in total. The molecular formula is C17H12F6N2O. The SMILES string of the molecule is Nc1cc2c(ccc3c(N)cccc32)cc1C(O)(C(F)(F)F)C(F)(F)F. The topological polar surface area (TPSA) is 72.3 Å². The van der Waals surface area contributed by atoms with Gasteiger partial charge in [0.1, 0.15) is 0 Å². The molecule has 0 aromatic heterocycles. The number of rotatable bonds is 1. The van der Waals surface area contributed by atoms with Gasteiger partial charge >= 0.3 is 12.4 Å². The molecule has 0 fully saturated rings. The zero-order valence-electron chi connectivity index (χ0n) is 12.9. The van der Waals surface area contributed by atoms with Crippen molar-refractivity contribution in [3.8, 4) is 0 Å². The van der Waals surface area contributed by atoms with Gasteiger partial charge in [-0.15, -0.1) is 0 Å². The summed E-state index contributed by atoms with van der Waals surface area (Å²) in [5.41, 5.74) is 4.36. The lowest BCUT2D eigenvalue weighted by Crippen LogP contribution is -2.54. The predicted octanol–water partition coefficient (Wildman–Crippen LogP) is 4.47. The second-order valence-corrected chi connectivity index (χ2v) is 5.87. The number of nitrogen functional groups attached to an aromatic ring is 2. The van der Waals surface area contributed by atoms with Gasteiger partial charge in [-0.2, -0.15) is 26.3 Å². The predicted molar refractivity (Wildman–Crippen MR) is 86.3 cm³/mol. The van der Waals surface area contributed by atoms with Gasteiger partial charge in [-0.3, -0.25) is 0 Å². The molecule has 0 saturated carbocycles. The van der Waals surface area contributed by atoms with Crippen LogP contribution in [0.2, 0.25) is 0 Å². The van der Waals surface area contributed by atoms with E-state index in [-0.39, 0.29) is 5.39 Å². The molecule has 0 amide bonds. The second-order valence-electron chi connectivity index (χ2n) is 5.87. The summed E-state index contributed by atoms with van der Waals surface area (Å²) in [7, 11) is 0. The maximum Gasteiger partial charge on any atom is 0.430 e. The average Bonchev–Trinajstić information content (AvgIpc) is 2.51. The van der Waals surface area contributed by atoms with Gasteiger partial charge in [-0.05, 0) is 34.4 Å². The summed E-state index contributed by atoms with van der Waals surface area (Å²) in [4.78, 5) is 0. The molecule has 0 spiro atoms. The minimum Gasteiger partial charge on any atom is -0.398 e. The van der Waals surface area contributed by atoms with Crippen LogP contribution in [0.4, 0.5) is 37.7 Å². The zero-order valence-corrected chi connectivity index (χ0v) is 12.9. The minimum atomic E-state index is -6.01. The van der Waals surface area contributed by atoms with E-state index in [0.29, 0.717) is 27.9 Å². The van der Waals surface area contributed by atoms with Gasteiger partial charge < -0.3 is 16.6 Å². The van der Waals surface area contributed by atoms with E-state index in [9.17, 15) is 31.4 Å². The van der Waals surface area contributed by atoms with E-state index in [1.54, 1.807) is 18.2 Å². The summed E-state index contributed by atoms with van der Waals surface area (Å²) >= 11 is 0. The molecule has 9 heteroatoms. The highest BCUT2D eigenvalue weighted by Crippen LogP contribution is 2.52. The van der Waals surface area contributed by atoms with E-state index in [1.807, 2.05) is 0 Å². The number of benzene rings is 3. The second kappa shape index (κ2) is 5.41. The zero-order chi connectivity index (χ0) is 19.5. The fraction of sp³-hybridized carbons (Fsp3) is 0.176. The molecule has 0 aliphatic rings. The van der Waals surface area contributed by atoms with Crippen LogP contribution in [0.1, 0.15) is 5.56 Å². The van der Waals surface area contributed by atoms with Crippen LogP contribution >= 0.6 is 0 Å². The van der Waals surface area contributed by atoms with Gasteiger partial charge in [0.25, 0.3) is 5.60 Å². The molecule has 26 heavy (non-hydrogen) atoms. The first kappa shape index (κ1) is 18.1. The third kappa shape index (κ3) is 2.42. The standard InChI is InChI=1S/C17H12F6N2O/c18-16(19,20)15(26,17(21,22)23)12-6-8-4-5-10-9(2-1-3-13(10)24)11(8)7-14(12)25/h1-7,26H,24-25H2. The molecule has 5 N–H and O–H groups in total. The van der Waals surface area contributed by atoms with Crippen molar-refractivity contribution >= 4 is 32.9 Å². The Labute approximate surface area is 142 Å². The maximum absolute atomic E-state index is 13.1. The van der Waals surface area contributed by atoms with Gasteiger partial charge in [0.15, 0.2) is 0 Å². The molecule has 0 bridgehead atoms. The molecule has 3 aromatic carbocycles. The number of alkyl halides is 6. The number of fused-ring (bicyclic) bond motifs is 3. The van der Waals surface area contributed by atoms with Crippen LogP contribution in [-0.4, -0.2) is 17.5 Å². The normalized spacial score (nSPS) is 13.5. The number of aliphatic hydroxyl groups is 1. The van der Waals surface area contributed by atoms with Crippen molar-refractivity contribution in [3.63, 3.8) is 0 Å². The summed E-state index contributed by atoms with van der Waals surface area (Å²) in [5, 5.41) is 11.1. The number of hydrogen-bond acceptors (Lipinski definition) is 3. The Balaban J connectivity index is 2.39. The Bertz CT molecular complexity index is 996. The van der Waals surface area contributed by atoms with Gasteiger partial charge in [0, 0.05) is 22.3 Å². The summed E-state index contributed by atoms with van der Waals surface area (Å²) in [6.45, 7) is 0. The van der Waals surface area contributed by atoms with Crippen LogP contribution in [0.25, 0.3) is 21.5 Å². The van der Waals surface area contributed by atoms with Crippen LogP contribution in [0.3, 0.4) is 0 Å². The van der Waals surface area contributed by atoms with E-state index in [0.717, 1.165) is 6.07 Å². The molecule has 0 aliphatic heterocycles. The highest BCUT2D eigenvalue weighted by atomic mass is 19.4. The number of hydrogen-bond donors (Lipinski definition) is 3. The fourth-order valence-electron chi connectivity index (χ4n) is 2.96. The maximum atomic E-state index is 13.1. The van der Waals surface area contributed by atoms with Crippen LogP contribution < -0.4 is 11.5 Å². The summed E-state index contributed by atoms with van der Waals surface area (Å²) in [5.74, 6) is 0. The number of halogens is 6. The monoisotopic (exact) mass is 374 g/mol. The van der Waals surface area contributed by atoms with E-state index < -0.39 is 29.2 Å². The van der Waals surface area contributed by atoms with Crippen molar-refractivity contribution in [2.75, 3.05) is 11.5 Å². The highest BCUT2D eigenvalue weighted by Gasteiger charge is 2.72. The molecule has 138 valence electrons. The van der Waals surface area contributed by atoms with Crippen molar-refractivity contribution in [2.24, 2.45) is 0 Å². The van der Waals surface area contributed by atoms with Crippen LogP contribution in [0.5, 0.6) is 0 Å². The lowest BCUT2D eigenvalue weighted by molar-refractivity contribution is -0.375. The summed E-state index contributed by atoms with van der Waals surface area (Å²) in [6.07, 6.45) is -12.0. The van der Waals surface area contributed by atoms with Gasteiger partial charge in [-0.25, -0.2) is 0 Å². The molecule has 0 atom stereocenters. The lowest BCUT2D eigenvalue weighted by atomic mass is 9.88. The van der Waals surface area contributed by atoms with Crippen molar-refractivity contribution in [1.29, 1.82) is 0 Å². The molecule has 3 aromatic rings. The Morgan fingerprint density at radius 2 is 1.31 bits per heavy atom. The van der Waals surface area contributed by atoms with E-state index in [1.165, 1.54) is 12.1 Å². The Kier molecular flexibility index (Phi) is 3.77. The first-order valence-electron chi connectivity index (χ1n) is 7.24. The van der Waals surface area contributed by atoms with Crippen LogP contribution in [-0.2, 0) is 5.60 Å². The van der Waals surface area contributed by atoms with E-state index >= 15 is 0 Å². The van der Waals surface area contributed by atoms with Gasteiger partial charge in [0.2, 0.25) is 0 Å². The molecular weight excluding hydrogens is 362 g/mol. The molecule has 0 unspecified atom stereocenters. The van der Waals surface area contributed by atoms with Crippen molar-refractivity contribution in [3.05, 3.63) is 48.0 Å². The largest absolute Gasteiger partial charge is 0.430 e. The van der Waals surface area contributed by atoms with Crippen LogP contribution in [0, 0.1) is 0 Å². The Morgan fingerprint density at radius 1 is 0.692 bits per heavy atom. The van der Waals surface area contributed by atoms with E-state index in [2.05, 4.69) is 0 Å². The highest BCUT2D eigenvalue weighted by molar-refractivity contribution is 6.12. The molecule has 0 aliphatic carbocycles. The quantitative estimate of drug-likeness (QED) is 0.334. The third-order valence-corrected chi connectivity index (χ3v) is 4.29. The third-order valence-electron chi connectivity index (χ3n) is 4.29. The average molecular weight is 374 g/mol. The van der Waals surface area contributed by atoms with Gasteiger partial charge in [0.05, 0.1) is 0 Å². The summed E-state index contributed by atoms with van der Waals surface area (Å²) in [6, 6.07) is 9.22. The molecule has 0 saturated heterocycles. The molecule has 0 radical (unpaired) electrons. The first-order chi connectivity index (χ1) is 11.9. The molecule has 3 rings (SSSR count). The lowest BCUT2D eigenvalue weighted by Gasteiger charge is -2.33. The number of anilines is 2. The van der Waals surface area contributed by atoms with E-state index in [4.69, 9.17) is 11.5 Å². The summed E-state index contributed by atoms with van der Waals surface area (Å²) < 4.78 is 78.8. The first-order valence-corrected chi connectivity index (χ1v) is 7.24. The van der Waals surface area contributed by atoms with Crippen molar-refractivity contribution in [1.82, 2.24) is 0 Å². The molecule has 0 heterocycles. The minimum absolute atomic E-state index is 0.0548. The van der Waals surface area contributed by atoms with Crippen molar-refractivity contribution in [2.45, 2.75) is 18.0 Å². The number of nitrogens with two attached hydrogens (primary N) is 2.